The number of nitrogens with two attached hydrogens (primary N) is 1. The molecule has 5 aromatic carbocycles. The number of carbonyl (C=O) groups excluding carboxylic acids is 9. The van der Waals surface area contributed by atoms with Crippen molar-refractivity contribution in [2.45, 2.75) is 44.2 Å². The summed E-state index contributed by atoms with van der Waals surface area (Å²) in [6.07, 6.45) is 1.66. The van der Waals surface area contributed by atoms with Crippen LogP contribution in [0.4, 0.5) is 37.1 Å². The predicted octanol–water partition coefficient (Wildman–Crippen LogP) is 6.20. The first-order valence-electron chi connectivity index (χ1n) is 27.8. The van der Waals surface area contributed by atoms with Gasteiger partial charge in [0.2, 0.25) is 17.7 Å². The number of para-hydroxylation sites is 2. The van der Waals surface area contributed by atoms with E-state index in [2.05, 4.69) is 26.6 Å². The van der Waals surface area contributed by atoms with Crippen molar-refractivity contribution in [1.82, 2.24) is 31.1 Å². The van der Waals surface area contributed by atoms with Crippen molar-refractivity contribution in [3.8, 4) is 11.5 Å². The summed E-state index contributed by atoms with van der Waals surface area (Å²) in [6.45, 7) is 1.83. The highest BCUT2D eigenvalue weighted by Crippen LogP contribution is 2.46. The number of fused-ring (bicyclic) bond motifs is 4. The van der Waals surface area contributed by atoms with Gasteiger partial charge in [0.25, 0.3) is 17.7 Å². The van der Waals surface area contributed by atoms with Gasteiger partial charge in [-0.15, -0.1) is 11.6 Å². The molecule has 0 radical (unpaired) electrons. The van der Waals surface area contributed by atoms with Crippen LogP contribution in [0.1, 0.15) is 53.3 Å². The van der Waals surface area contributed by atoms with Gasteiger partial charge in [-0.25, -0.2) is 14.4 Å². The molecule has 8 rings (SSSR count). The van der Waals surface area contributed by atoms with E-state index in [-0.39, 0.29) is 87.9 Å². The number of furan rings is 1. The number of likely N-dealkylation sites (N-methyl/N-ethyl adjacent to an activating group) is 1. The molecule has 6 aromatic rings. The number of hydrogen-bond donors (Lipinski definition) is 6. The van der Waals surface area contributed by atoms with Crippen molar-refractivity contribution in [3.05, 3.63) is 132 Å². The number of urea groups is 1. The van der Waals surface area contributed by atoms with Crippen LogP contribution in [-0.4, -0.2) is 156 Å². The molecule has 10 amide bonds. The number of primary amides is 1. The molecule has 452 valence electrons. The molecule has 0 saturated carbocycles. The van der Waals surface area contributed by atoms with E-state index in [1.165, 1.54) is 36.0 Å². The minimum atomic E-state index is -1.01. The molecular formula is C61H68ClN11O13. The second-order valence-electron chi connectivity index (χ2n) is 20.6. The maximum Gasteiger partial charge on any atom is 0.419 e. The fraction of sp³-hybridized carbons (Fsp3) is 0.328. The first-order valence-corrected chi connectivity index (χ1v) is 28.4. The molecule has 0 saturated heterocycles. The minimum absolute atomic E-state index is 0.0932. The molecule has 24 nitrogen and oxygen atoms in total. The van der Waals surface area contributed by atoms with Gasteiger partial charge in [-0.2, -0.15) is 0 Å². The molecular weight excluding hydrogens is 1130 g/mol. The second-order valence-corrected chi connectivity index (χ2v) is 21.0. The number of amides is 10. The van der Waals surface area contributed by atoms with Crippen LogP contribution in [0.2, 0.25) is 0 Å². The summed E-state index contributed by atoms with van der Waals surface area (Å²) in [7, 11) is 6.93. The topological polar surface area (TPSA) is 297 Å². The van der Waals surface area contributed by atoms with Gasteiger partial charge in [0, 0.05) is 106 Å². The van der Waals surface area contributed by atoms with E-state index in [1.807, 2.05) is 49.3 Å². The van der Waals surface area contributed by atoms with E-state index in [4.69, 9.17) is 36.0 Å². The lowest BCUT2D eigenvalue weighted by molar-refractivity contribution is -0.137. The molecule has 0 fully saturated rings. The zero-order valence-corrected chi connectivity index (χ0v) is 48.8. The Morgan fingerprint density at radius 3 is 2.17 bits per heavy atom. The smallest absolute Gasteiger partial charge is 0.419 e. The van der Waals surface area contributed by atoms with Gasteiger partial charge in [-0.3, -0.25) is 43.5 Å². The van der Waals surface area contributed by atoms with Gasteiger partial charge in [-0.05, 0) is 98.4 Å². The number of rotatable bonds is 27. The summed E-state index contributed by atoms with van der Waals surface area (Å²) in [5, 5.41) is 15.6. The molecule has 0 aliphatic carbocycles. The van der Waals surface area contributed by atoms with Crippen molar-refractivity contribution in [1.29, 1.82) is 0 Å². The Kier molecular flexibility index (Phi) is 21.3. The van der Waals surface area contributed by atoms with E-state index >= 15 is 0 Å². The number of ether oxygens (including phenoxy) is 3. The number of anilines is 4. The number of carbonyl (C=O) groups is 9. The van der Waals surface area contributed by atoms with Gasteiger partial charge < -0.3 is 60.7 Å². The monoisotopic (exact) mass is 1200 g/mol. The fourth-order valence-electron chi connectivity index (χ4n) is 9.72. The van der Waals surface area contributed by atoms with E-state index in [9.17, 15) is 43.2 Å². The maximum absolute atomic E-state index is 14.4. The van der Waals surface area contributed by atoms with Crippen molar-refractivity contribution >= 4 is 110 Å². The molecule has 2 aliphatic rings. The first kappa shape index (κ1) is 62.5. The standard InChI is InChI=1S/C61H68ClN11O13/c1-69(2)29-30-83-42-21-22-49-39(31-42)32-51(85-49)58(79)73-36-40(34-62)56-44-12-6-5-11-43(44)50(33-48(56)73)86-61(82)71(4)47-15-8-7-14-46(47)70(3)60(81)84-37-38-17-19-41(20-18-38)67-57(78)45(13-9-25-66-59(63)80)68-53(75)35-64-26-27-65-52(74)16-10-28-72-54(76)23-24-55(72)77/h5-8,11-12,14-15,17-24,31-33,40,45,64H,9-10,13,16,25-30,34-37H2,1-4H3,(H,65,74)(H,67,78)(H,68,75)(H3,63,66,80)/t40-,45?/m1/s1. The van der Waals surface area contributed by atoms with Crippen molar-refractivity contribution < 1.29 is 61.8 Å². The fourth-order valence-corrected chi connectivity index (χ4v) is 9.97. The average molecular weight is 1200 g/mol. The summed E-state index contributed by atoms with van der Waals surface area (Å²) in [6, 6.07) is 27.6. The zero-order valence-electron chi connectivity index (χ0n) is 48.0. The maximum atomic E-state index is 14.4. The Hall–Kier alpha value is -9.52. The lowest BCUT2D eigenvalue weighted by Gasteiger charge is -2.25. The Labute approximate surface area is 500 Å². The summed E-state index contributed by atoms with van der Waals surface area (Å²) in [5.41, 5.74) is 8.65. The predicted molar refractivity (Wildman–Crippen MR) is 324 cm³/mol. The van der Waals surface area contributed by atoms with Crippen molar-refractivity contribution in [2.75, 3.05) is 107 Å². The Morgan fingerprint density at radius 2 is 1.48 bits per heavy atom. The van der Waals surface area contributed by atoms with Gasteiger partial charge in [0.15, 0.2) is 5.76 Å². The van der Waals surface area contributed by atoms with Crippen LogP contribution in [0.3, 0.4) is 0 Å². The van der Waals surface area contributed by atoms with Crippen LogP contribution in [0.15, 0.2) is 120 Å². The highest BCUT2D eigenvalue weighted by molar-refractivity contribution is 6.19. The number of nitrogens with zero attached hydrogens (tertiary/aromatic N) is 5. The third-order valence-electron chi connectivity index (χ3n) is 14.2. The Morgan fingerprint density at radius 1 is 0.779 bits per heavy atom. The average Bonchev–Trinajstić information content (AvgIpc) is 1.65. The third kappa shape index (κ3) is 16.0. The molecule has 25 heteroatoms. The number of hydrogen-bond acceptors (Lipinski definition) is 15. The van der Waals surface area contributed by atoms with Gasteiger partial charge in [-0.1, -0.05) is 48.5 Å². The van der Waals surface area contributed by atoms with E-state index in [1.54, 1.807) is 77.7 Å². The van der Waals surface area contributed by atoms with Gasteiger partial charge in [0.05, 0.1) is 23.6 Å². The van der Waals surface area contributed by atoms with Crippen LogP contribution in [0.25, 0.3) is 21.7 Å². The first-order chi connectivity index (χ1) is 41.4. The normalized spacial score (nSPS) is 13.8. The molecule has 0 spiro atoms. The SMILES string of the molecule is CN(C)CCOc1ccc2oc(C(=O)N3C[C@@H](CCl)c4c3cc(OC(=O)N(C)c3ccccc3N(C)C(=O)OCc3ccc(NC(=O)C(CCCNC(N)=O)NC(=O)CNCCNC(=O)CCCN5C(=O)C=CC5=O)cc3)c3ccccc43)cc2c1. The minimum Gasteiger partial charge on any atom is -0.492 e. The number of halogens is 1. The van der Waals surface area contributed by atoms with Crippen LogP contribution in [0.5, 0.6) is 11.5 Å². The molecule has 7 N–H and O–H groups in total. The summed E-state index contributed by atoms with van der Waals surface area (Å²) >= 11 is 6.59. The number of alkyl halides is 1. The summed E-state index contributed by atoms with van der Waals surface area (Å²) in [5.74, 6) is -1.63. The molecule has 3 heterocycles. The van der Waals surface area contributed by atoms with Crippen molar-refractivity contribution in [3.63, 3.8) is 0 Å². The number of nitrogens with one attached hydrogen (secondary N) is 5. The van der Waals surface area contributed by atoms with Crippen LogP contribution < -0.4 is 56.5 Å². The zero-order chi connectivity index (χ0) is 61.4. The number of benzene rings is 5. The lowest BCUT2D eigenvalue weighted by Crippen LogP contribution is -2.47. The van der Waals surface area contributed by atoms with Crippen molar-refractivity contribution in [2.24, 2.45) is 5.73 Å². The highest BCUT2D eigenvalue weighted by atomic mass is 35.5. The third-order valence-corrected chi connectivity index (χ3v) is 14.6. The summed E-state index contributed by atoms with van der Waals surface area (Å²) < 4.78 is 23.9. The van der Waals surface area contributed by atoms with E-state index in [0.29, 0.717) is 69.9 Å². The van der Waals surface area contributed by atoms with Crippen LogP contribution >= 0.6 is 11.6 Å². The van der Waals surface area contributed by atoms with Crippen LogP contribution in [0, 0.1) is 0 Å². The molecule has 2 aliphatic heterocycles. The van der Waals surface area contributed by atoms with Crippen LogP contribution in [-0.2, 0) is 35.3 Å². The van der Waals surface area contributed by atoms with Gasteiger partial charge >= 0.3 is 18.2 Å². The largest absolute Gasteiger partial charge is 0.492 e. The lowest BCUT2D eigenvalue weighted by atomic mass is 9.95. The summed E-state index contributed by atoms with van der Waals surface area (Å²) in [4.78, 5) is 123. The Balaban J connectivity index is 0.849. The van der Waals surface area contributed by atoms with E-state index in [0.717, 1.165) is 22.4 Å². The molecule has 86 heavy (non-hydrogen) atoms. The quantitative estimate of drug-likeness (QED) is 0.0190. The molecule has 1 unspecified atom stereocenters. The second kappa shape index (κ2) is 29.3. The molecule has 2 atom stereocenters. The number of imide groups is 1. The molecule has 0 bridgehead atoms. The Bertz CT molecular complexity index is 3520. The highest BCUT2D eigenvalue weighted by Gasteiger charge is 2.37. The molecule has 1 aromatic heterocycles. The van der Waals surface area contributed by atoms with Gasteiger partial charge in [0.1, 0.15) is 36.3 Å². The van der Waals surface area contributed by atoms with E-state index < -0.39 is 53.8 Å².